The predicted octanol–water partition coefficient (Wildman–Crippen LogP) is 4.14. The maximum Gasteiger partial charge on any atom is 0.138 e. The molecule has 3 heteroatoms. The van der Waals surface area contributed by atoms with Crippen molar-refractivity contribution in [3.63, 3.8) is 0 Å². The van der Waals surface area contributed by atoms with Crippen LogP contribution in [0.2, 0.25) is 0 Å². The summed E-state index contributed by atoms with van der Waals surface area (Å²) in [5.74, 6) is -0.448. The van der Waals surface area contributed by atoms with E-state index in [2.05, 4.69) is 0 Å². The normalized spacial score (nSPS) is 10.5. The molecule has 3 aromatic rings. The number of rotatable bonds is 2. The zero-order chi connectivity index (χ0) is 14.8. The highest BCUT2D eigenvalue weighted by atomic mass is 16.3. The van der Waals surface area contributed by atoms with Gasteiger partial charge in [-0.2, -0.15) is 0 Å². The molecule has 3 nitrogen and oxygen atoms in total. The van der Waals surface area contributed by atoms with Crippen molar-refractivity contribution in [2.75, 3.05) is 0 Å². The molecule has 0 bridgehead atoms. The van der Waals surface area contributed by atoms with E-state index in [0.717, 1.165) is 0 Å². The minimum absolute atomic E-state index is 0.134. The van der Waals surface area contributed by atoms with Crippen LogP contribution in [0.15, 0.2) is 66.7 Å². The van der Waals surface area contributed by atoms with Crippen LogP contribution < -0.4 is 0 Å². The Kier molecular flexibility index (Phi) is 3.24. The zero-order valence-electron chi connectivity index (χ0n) is 11.2. The molecule has 0 atom stereocenters. The van der Waals surface area contributed by atoms with Gasteiger partial charge in [0.25, 0.3) is 0 Å². The molecule has 0 aliphatic heterocycles. The van der Waals surface area contributed by atoms with Gasteiger partial charge in [-0.25, -0.2) is 0 Å². The highest BCUT2D eigenvalue weighted by Gasteiger charge is 2.19. The molecule has 3 rings (SSSR count). The molecule has 0 heterocycles. The van der Waals surface area contributed by atoms with Crippen LogP contribution in [0.25, 0.3) is 22.3 Å². The third-order valence-corrected chi connectivity index (χ3v) is 3.38. The van der Waals surface area contributed by atoms with Crippen molar-refractivity contribution in [2.45, 2.75) is 0 Å². The maximum atomic E-state index is 10.5. The smallest absolute Gasteiger partial charge is 0.138 e. The van der Waals surface area contributed by atoms with Crippen molar-refractivity contribution >= 4 is 0 Å². The Bertz CT molecular complexity index is 702. The first-order chi connectivity index (χ1) is 10.2. The van der Waals surface area contributed by atoms with Gasteiger partial charge >= 0.3 is 0 Å². The molecule has 0 aliphatic carbocycles. The molecule has 0 saturated heterocycles. The van der Waals surface area contributed by atoms with E-state index < -0.39 is 0 Å². The Labute approximate surface area is 122 Å². The number of benzene rings is 3. The van der Waals surface area contributed by atoms with Crippen LogP contribution in [0.3, 0.4) is 0 Å². The first-order valence-electron chi connectivity index (χ1n) is 6.57. The fraction of sp³-hybridized carbons (Fsp3) is 0. The topological polar surface area (TPSA) is 60.7 Å². The number of phenols is 3. The summed E-state index contributed by atoms with van der Waals surface area (Å²) in [6, 6.07) is 19.4. The molecule has 3 N–H and O–H groups in total. The van der Waals surface area contributed by atoms with Crippen molar-refractivity contribution in [1.82, 2.24) is 0 Å². The summed E-state index contributed by atoms with van der Waals surface area (Å²) in [5, 5.41) is 30.7. The molecule has 0 radical (unpaired) electrons. The average Bonchev–Trinajstić information content (AvgIpc) is 2.49. The maximum absolute atomic E-state index is 10.5. The molecule has 104 valence electrons. The van der Waals surface area contributed by atoms with Gasteiger partial charge in [0.1, 0.15) is 17.2 Å². The van der Waals surface area contributed by atoms with E-state index in [9.17, 15) is 15.3 Å². The quantitative estimate of drug-likeness (QED) is 0.660. The molecule has 0 aliphatic rings. The molecule has 0 aromatic heterocycles. The fourth-order valence-corrected chi connectivity index (χ4v) is 2.42. The number of aromatic hydroxyl groups is 3. The second-order valence-corrected chi connectivity index (χ2v) is 4.75. The van der Waals surface area contributed by atoms with Gasteiger partial charge in [-0.3, -0.25) is 0 Å². The van der Waals surface area contributed by atoms with E-state index in [0.29, 0.717) is 22.3 Å². The van der Waals surface area contributed by atoms with Crippen LogP contribution in [-0.2, 0) is 0 Å². The van der Waals surface area contributed by atoms with Gasteiger partial charge in [-0.05, 0) is 11.1 Å². The lowest BCUT2D eigenvalue weighted by Crippen LogP contribution is -1.86. The van der Waals surface area contributed by atoms with Gasteiger partial charge in [0.05, 0.1) is 11.1 Å². The Morgan fingerprint density at radius 2 is 0.905 bits per heavy atom. The van der Waals surface area contributed by atoms with Crippen molar-refractivity contribution in [3.8, 4) is 39.5 Å². The summed E-state index contributed by atoms with van der Waals surface area (Å²) in [5.41, 5.74) is 1.99. The monoisotopic (exact) mass is 278 g/mol. The van der Waals surface area contributed by atoms with E-state index in [-0.39, 0.29) is 17.2 Å². The van der Waals surface area contributed by atoms with Crippen molar-refractivity contribution in [2.24, 2.45) is 0 Å². The lowest BCUT2D eigenvalue weighted by Gasteiger charge is -2.14. The van der Waals surface area contributed by atoms with Gasteiger partial charge in [0, 0.05) is 6.07 Å². The van der Waals surface area contributed by atoms with E-state index >= 15 is 0 Å². The number of hydrogen-bond acceptors (Lipinski definition) is 3. The first kappa shape index (κ1) is 13.1. The summed E-state index contributed by atoms with van der Waals surface area (Å²) in [6.07, 6.45) is 0. The van der Waals surface area contributed by atoms with Gasteiger partial charge in [0.15, 0.2) is 0 Å². The molecular weight excluding hydrogens is 264 g/mol. The van der Waals surface area contributed by atoms with E-state index in [4.69, 9.17) is 0 Å². The van der Waals surface area contributed by atoms with Crippen LogP contribution in [0.5, 0.6) is 17.2 Å². The largest absolute Gasteiger partial charge is 0.507 e. The van der Waals surface area contributed by atoms with Crippen LogP contribution in [0, 0.1) is 0 Å². The highest BCUT2D eigenvalue weighted by Crippen LogP contribution is 2.48. The van der Waals surface area contributed by atoms with Crippen LogP contribution in [-0.4, -0.2) is 15.3 Å². The third kappa shape index (κ3) is 2.30. The second kappa shape index (κ2) is 5.21. The zero-order valence-corrected chi connectivity index (χ0v) is 11.2. The van der Waals surface area contributed by atoms with E-state index in [1.165, 1.54) is 6.07 Å². The standard InChI is InChI=1S/C18H14O3/c19-14-11-15(20)17(13-9-5-2-6-10-13)18(21)16(14)12-7-3-1-4-8-12/h1-11,19-21H. The summed E-state index contributed by atoms with van der Waals surface area (Å²) < 4.78 is 0. The summed E-state index contributed by atoms with van der Waals surface area (Å²) in [7, 11) is 0. The Morgan fingerprint density at radius 3 is 1.29 bits per heavy atom. The van der Waals surface area contributed by atoms with Crippen LogP contribution in [0.4, 0.5) is 0 Å². The minimum Gasteiger partial charge on any atom is -0.507 e. The van der Waals surface area contributed by atoms with Crippen molar-refractivity contribution in [3.05, 3.63) is 66.7 Å². The Balaban J connectivity index is 2.29. The number of phenolic OH excluding ortho intramolecular Hbond substituents is 3. The molecule has 21 heavy (non-hydrogen) atoms. The summed E-state index contributed by atoms with van der Waals surface area (Å²) in [6.45, 7) is 0. The van der Waals surface area contributed by atoms with Gasteiger partial charge in [0.2, 0.25) is 0 Å². The molecule has 0 unspecified atom stereocenters. The molecule has 0 saturated carbocycles. The Morgan fingerprint density at radius 1 is 0.524 bits per heavy atom. The third-order valence-electron chi connectivity index (χ3n) is 3.38. The summed E-state index contributed by atoms with van der Waals surface area (Å²) in [4.78, 5) is 0. The SMILES string of the molecule is Oc1cc(O)c(-c2ccccc2)c(O)c1-c1ccccc1. The molecule has 0 spiro atoms. The van der Waals surface area contributed by atoms with E-state index in [1.54, 1.807) is 24.3 Å². The van der Waals surface area contributed by atoms with Gasteiger partial charge in [-0.1, -0.05) is 60.7 Å². The first-order valence-corrected chi connectivity index (χ1v) is 6.57. The van der Waals surface area contributed by atoms with Crippen molar-refractivity contribution < 1.29 is 15.3 Å². The molecule has 0 amide bonds. The van der Waals surface area contributed by atoms with Gasteiger partial charge < -0.3 is 15.3 Å². The van der Waals surface area contributed by atoms with Gasteiger partial charge in [-0.15, -0.1) is 0 Å². The fourth-order valence-electron chi connectivity index (χ4n) is 2.42. The minimum atomic E-state index is -0.157. The lowest BCUT2D eigenvalue weighted by molar-refractivity contribution is 0.433. The van der Waals surface area contributed by atoms with E-state index in [1.807, 2.05) is 36.4 Å². The molecule has 3 aromatic carbocycles. The molecular formula is C18H14O3. The Hall–Kier alpha value is -2.94. The highest BCUT2D eigenvalue weighted by molar-refractivity contribution is 5.89. The summed E-state index contributed by atoms with van der Waals surface area (Å²) >= 11 is 0. The predicted molar refractivity (Wildman–Crippen MR) is 82.3 cm³/mol. The second-order valence-electron chi connectivity index (χ2n) is 4.75. The van der Waals surface area contributed by atoms with Crippen LogP contribution >= 0.6 is 0 Å². The average molecular weight is 278 g/mol. The van der Waals surface area contributed by atoms with Crippen LogP contribution in [0.1, 0.15) is 0 Å². The van der Waals surface area contributed by atoms with Crippen molar-refractivity contribution in [1.29, 1.82) is 0 Å². The number of hydrogen-bond donors (Lipinski definition) is 3. The lowest BCUT2D eigenvalue weighted by atomic mass is 9.95. The molecule has 0 fully saturated rings.